The molecule has 8 heteroatoms. The van der Waals surface area contributed by atoms with Gasteiger partial charge in [-0.15, -0.1) is 10.2 Å². The number of pyridine rings is 1. The molecule has 4 aromatic heterocycles. The minimum absolute atomic E-state index is 0.119. The van der Waals surface area contributed by atoms with Crippen molar-refractivity contribution in [1.29, 1.82) is 0 Å². The van der Waals surface area contributed by atoms with E-state index in [2.05, 4.69) is 20.3 Å². The Morgan fingerprint density at radius 3 is 3.00 bits per heavy atom. The fraction of sp³-hybridized carbons (Fsp3) is 0.0714. The van der Waals surface area contributed by atoms with Crippen LogP contribution in [0.4, 0.5) is 0 Å². The molecule has 0 saturated heterocycles. The van der Waals surface area contributed by atoms with Crippen LogP contribution in [0, 0.1) is 0 Å². The van der Waals surface area contributed by atoms with Crippen molar-refractivity contribution in [3.63, 3.8) is 0 Å². The highest BCUT2D eigenvalue weighted by atomic mass is 16.4. The van der Waals surface area contributed by atoms with Gasteiger partial charge in [-0.2, -0.15) is 5.10 Å². The third-order valence-corrected chi connectivity index (χ3v) is 3.21. The van der Waals surface area contributed by atoms with E-state index in [4.69, 9.17) is 4.42 Å². The van der Waals surface area contributed by atoms with Crippen molar-refractivity contribution in [3.8, 4) is 11.5 Å². The molecule has 0 atom stereocenters. The van der Waals surface area contributed by atoms with Crippen LogP contribution in [0.2, 0.25) is 0 Å². The number of rotatable bonds is 3. The summed E-state index contributed by atoms with van der Waals surface area (Å²) < 4.78 is 8.50. The first kappa shape index (κ1) is 12.5. The van der Waals surface area contributed by atoms with Crippen molar-refractivity contribution in [3.05, 3.63) is 65.4 Å². The Morgan fingerprint density at radius 1 is 1.18 bits per heavy atom. The quantitative estimate of drug-likeness (QED) is 0.559. The molecule has 4 aromatic rings. The van der Waals surface area contributed by atoms with Gasteiger partial charge in [0.1, 0.15) is 18.4 Å². The highest BCUT2D eigenvalue weighted by Gasteiger charge is 2.11. The largest absolute Gasteiger partial charge is 0.419 e. The van der Waals surface area contributed by atoms with E-state index in [1.165, 1.54) is 4.68 Å². The first-order chi connectivity index (χ1) is 10.8. The van der Waals surface area contributed by atoms with Crippen molar-refractivity contribution >= 4 is 5.52 Å². The second-order valence-electron chi connectivity index (χ2n) is 4.64. The lowest BCUT2D eigenvalue weighted by molar-refractivity contribution is 0.464. The molecule has 0 aliphatic heterocycles. The van der Waals surface area contributed by atoms with Gasteiger partial charge in [0.05, 0.1) is 5.56 Å². The highest BCUT2D eigenvalue weighted by molar-refractivity contribution is 5.50. The van der Waals surface area contributed by atoms with E-state index in [0.29, 0.717) is 17.3 Å². The van der Waals surface area contributed by atoms with Gasteiger partial charge in [0.15, 0.2) is 0 Å². The van der Waals surface area contributed by atoms with E-state index in [1.54, 1.807) is 47.5 Å². The zero-order valence-electron chi connectivity index (χ0n) is 11.3. The molecule has 22 heavy (non-hydrogen) atoms. The van der Waals surface area contributed by atoms with Crippen LogP contribution in [0.5, 0.6) is 0 Å². The first-order valence-corrected chi connectivity index (χ1v) is 6.57. The van der Waals surface area contributed by atoms with Crippen LogP contribution in [0.25, 0.3) is 17.0 Å². The summed E-state index contributed by atoms with van der Waals surface area (Å²) in [6.45, 7) is 0.119. The third-order valence-electron chi connectivity index (χ3n) is 3.21. The SMILES string of the molecule is O=c1c2cccn2cnn1Cc1nnc(-c2cccnc2)o1. The van der Waals surface area contributed by atoms with E-state index < -0.39 is 0 Å². The van der Waals surface area contributed by atoms with Gasteiger partial charge >= 0.3 is 0 Å². The topological polar surface area (TPSA) is 91.1 Å². The summed E-state index contributed by atoms with van der Waals surface area (Å²) in [5.41, 5.74) is 1.05. The van der Waals surface area contributed by atoms with Gasteiger partial charge in [0, 0.05) is 18.6 Å². The number of aromatic nitrogens is 6. The first-order valence-electron chi connectivity index (χ1n) is 6.57. The predicted molar refractivity (Wildman–Crippen MR) is 76.1 cm³/mol. The van der Waals surface area contributed by atoms with Gasteiger partial charge in [-0.1, -0.05) is 0 Å². The summed E-state index contributed by atoms with van der Waals surface area (Å²) in [5.74, 6) is 0.671. The standard InChI is InChI=1S/C14H10N6O2/c21-14-11-4-2-6-19(11)9-16-20(14)8-12-17-18-13(22-12)10-3-1-5-15-7-10/h1-7,9H,8H2. The van der Waals surface area contributed by atoms with Crippen LogP contribution in [-0.4, -0.2) is 29.4 Å². The molecule has 0 spiro atoms. The molecule has 0 aromatic carbocycles. The minimum Gasteiger partial charge on any atom is -0.419 e. The molecule has 0 amide bonds. The zero-order chi connectivity index (χ0) is 14.9. The van der Waals surface area contributed by atoms with E-state index in [1.807, 2.05) is 6.07 Å². The summed E-state index contributed by atoms with van der Waals surface area (Å²) in [7, 11) is 0. The molecule has 4 heterocycles. The summed E-state index contributed by atoms with van der Waals surface area (Å²) in [6, 6.07) is 7.12. The molecule has 108 valence electrons. The second kappa shape index (κ2) is 4.92. The second-order valence-corrected chi connectivity index (χ2v) is 4.64. The molecular formula is C14H10N6O2. The zero-order valence-corrected chi connectivity index (χ0v) is 11.3. The van der Waals surface area contributed by atoms with Gasteiger partial charge in [0.2, 0.25) is 11.8 Å². The molecule has 0 unspecified atom stereocenters. The fourth-order valence-corrected chi connectivity index (χ4v) is 2.14. The molecule has 0 fully saturated rings. The van der Waals surface area contributed by atoms with Gasteiger partial charge in [-0.25, -0.2) is 4.68 Å². The number of hydrogen-bond acceptors (Lipinski definition) is 6. The minimum atomic E-state index is -0.214. The van der Waals surface area contributed by atoms with Gasteiger partial charge < -0.3 is 8.82 Å². The predicted octanol–water partition coefficient (Wildman–Crippen LogP) is 0.989. The van der Waals surface area contributed by atoms with Crippen LogP contribution < -0.4 is 5.56 Å². The van der Waals surface area contributed by atoms with E-state index in [-0.39, 0.29) is 12.1 Å². The summed E-state index contributed by atoms with van der Waals surface area (Å²) in [4.78, 5) is 16.2. The van der Waals surface area contributed by atoms with Crippen LogP contribution >= 0.6 is 0 Å². The average Bonchev–Trinajstić information content (AvgIpc) is 3.20. The Kier molecular flexibility index (Phi) is 2.78. The Bertz CT molecular complexity index is 985. The van der Waals surface area contributed by atoms with Crippen LogP contribution in [0.3, 0.4) is 0 Å². The maximum absolute atomic E-state index is 12.3. The van der Waals surface area contributed by atoms with Crippen molar-refractivity contribution in [2.45, 2.75) is 6.54 Å². The van der Waals surface area contributed by atoms with E-state index in [0.717, 1.165) is 5.56 Å². The summed E-state index contributed by atoms with van der Waals surface area (Å²) >= 11 is 0. The number of nitrogens with zero attached hydrogens (tertiary/aromatic N) is 6. The molecule has 0 N–H and O–H groups in total. The summed E-state index contributed by atoms with van der Waals surface area (Å²) in [5, 5.41) is 12.0. The van der Waals surface area contributed by atoms with Crippen molar-refractivity contribution in [2.75, 3.05) is 0 Å². The molecule has 4 rings (SSSR count). The van der Waals surface area contributed by atoms with Gasteiger partial charge in [0.25, 0.3) is 5.56 Å². The molecule has 0 saturated carbocycles. The van der Waals surface area contributed by atoms with Gasteiger partial charge in [-0.3, -0.25) is 9.78 Å². The van der Waals surface area contributed by atoms with E-state index in [9.17, 15) is 4.79 Å². The van der Waals surface area contributed by atoms with Crippen LogP contribution in [0.15, 0.2) is 58.4 Å². The van der Waals surface area contributed by atoms with E-state index >= 15 is 0 Å². The van der Waals surface area contributed by atoms with Gasteiger partial charge in [-0.05, 0) is 24.3 Å². The maximum atomic E-state index is 12.3. The Labute approximate surface area is 123 Å². The maximum Gasteiger partial charge on any atom is 0.291 e. The lowest BCUT2D eigenvalue weighted by Crippen LogP contribution is -2.24. The average molecular weight is 294 g/mol. The van der Waals surface area contributed by atoms with Crippen molar-refractivity contribution in [1.82, 2.24) is 29.4 Å². The van der Waals surface area contributed by atoms with Crippen molar-refractivity contribution in [2.24, 2.45) is 0 Å². The Hall–Kier alpha value is -3.29. The lowest BCUT2D eigenvalue weighted by Gasteiger charge is -2.01. The molecule has 0 aliphatic carbocycles. The number of hydrogen-bond donors (Lipinski definition) is 0. The van der Waals surface area contributed by atoms with Crippen LogP contribution in [0.1, 0.15) is 5.89 Å². The monoisotopic (exact) mass is 294 g/mol. The fourth-order valence-electron chi connectivity index (χ4n) is 2.14. The Balaban J connectivity index is 1.67. The third kappa shape index (κ3) is 2.06. The van der Waals surface area contributed by atoms with Crippen molar-refractivity contribution < 1.29 is 4.42 Å². The van der Waals surface area contributed by atoms with Crippen LogP contribution in [-0.2, 0) is 6.54 Å². The Morgan fingerprint density at radius 2 is 2.14 bits per heavy atom. The molecule has 8 nitrogen and oxygen atoms in total. The molecule has 0 radical (unpaired) electrons. The molecular weight excluding hydrogens is 284 g/mol. The number of fused-ring (bicyclic) bond motifs is 1. The highest BCUT2D eigenvalue weighted by Crippen LogP contribution is 2.15. The normalized spacial score (nSPS) is 11.1. The summed E-state index contributed by atoms with van der Waals surface area (Å²) in [6.07, 6.45) is 6.63. The molecule has 0 bridgehead atoms. The smallest absolute Gasteiger partial charge is 0.291 e. The lowest BCUT2D eigenvalue weighted by atomic mass is 10.3. The molecule has 0 aliphatic rings.